The lowest BCUT2D eigenvalue weighted by atomic mass is 10.1. The van der Waals surface area contributed by atoms with Crippen LogP contribution in [0.4, 0.5) is 5.82 Å². The number of nitrogens with zero attached hydrogens (tertiary/aromatic N) is 3. The lowest BCUT2D eigenvalue weighted by molar-refractivity contribution is 0.203. The highest BCUT2D eigenvalue weighted by molar-refractivity contribution is 6.30. The molecule has 1 aromatic heterocycles. The molecule has 1 unspecified atom stereocenters. The summed E-state index contributed by atoms with van der Waals surface area (Å²) < 4.78 is 5.17. The number of methoxy groups -OCH3 is 1. The summed E-state index contributed by atoms with van der Waals surface area (Å²) in [5.74, 6) is 0.934. The number of anilines is 1. The van der Waals surface area contributed by atoms with Crippen molar-refractivity contribution in [3.63, 3.8) is 0 Å². The summed E-state index contributed by atoms with van der Waals surface area (Å²) in [6.07, 6.45) is 3.41. The van der Waals surface area contributed by atoms with Crippen LogP contribution < -0.4 is 4.90 Å². The third-order valence-corrected chi connectivity index (χ3v) is 3.48. The second kappa shape index (κ2) is 7.54. The molecule has 4 nitrogen and oxygen atoms in total. The fraction of sp³-hybridized carbons (Fsp3) is 0.692. The fourth-order valence-corrected chi connectivity index (χ4v) is 2.14. The number of hydrogen-bond donors (Lipinski definition) is 0. The summed E-state index contributed by atoms with van der Waals surface area (Å²) in [7, 11) is 1.71. The standard InChI is InChI=1S/C13H22ClN3O/c1-5-10(3)17(7-8-18-4)13-11(6-2)12(14)15-9-16-13/h9-10H,5-8H2,1-4H3. The van der Waals surface area contributed by atoms with E-state index in [2.05, 4.69) is 35.6 Å². The smallest absolute Gasteiger partial charge is 0.137 e. The molecule has 1 rings (SSSR count). The first-order valence-corrected chi connectivity index (χ1v) is 6.78. The van der Waals surface area contributed by atoms with E-state index in [0.717, 1.165) is 30.8 Å². The molecule has 1 heterocycles. The van der Waals surface area contributed by atoms with Crippen LogP contribution in [-0.4, -0.2) is 36.3 Å². The topological polar surface area (TPSA) is 38.2 Å². The van der Waals surface area contributed by atoms with Gasteiger partial charge >= 0.3 is 0 Å². The Balaban J connectivity index is 3.07. The summed E-state index contributed by atoms with van der Waals surface area (Å²) in [6, 6.07) is 0.399. The zero-order valence-corrected chi connectivity index (χ0v) is 12.4. The van der Waals surface area contributed by atoms with Gasteiger partial charge in [0.25, 0.3) is 0 Å². The first kappa shape index (κ1) is 15.2. The van der Waals surface area contributed by atoms with E-state index in [-0.39, 0.29) is 0 Å². The quantitative estimate of drug-likeness (QED) is 0.715. The fourth-order valence-electron chi connectivity index (χ4n) is 1.88. The van der Waals surface area contributed by atoms with Crippen LogP contribution in [0.15, 0.2) is 6.33 Å². The molecule has 0 saturated carbocycles. The van der Waals surface area contributed by atoms with Crippen LogP contribution in [0.25, 0.3) is 0 Å². The van der Waals surface area contributed by atoms with Crippen LogP contribution in [0.2, 0.25) is 5.15 Å². The average molecular weight is 272 g/mol. The van der Waals surface area contributed by atoms with Gasteiger partial charge in [-0.2, -0.15) is 0 Å². The van der Waals surface area contributed by atoms with Crippen molar-refractivity contribution in [2.45, 2.75) is 39.7 Å². The molecular formula is C13H22ClN3O. The minimum atomic E-state index is 0.399. The summed E-state index contributed by atoms with van der Waals surface area (Å²) in [5, 5.41) is 0.549. The van der Waals surface area contributed by atoms with E-state index in [0.29, 0.717) is 17.8 Å². The number of rotatable bonds is 7. The zero-order valence-electron chi connectivity index (χ0n) is 11.6. The Kier molecular flexibility index (Phi) is 6.36. The first-order valence-electron chi connectivity index (χ1n) is 6.40. The van der Waals surface area contributed by atoms with Crippen molar-refractivity contribution in [3.8, 4) is 0 Å². The van der Waals surface area contributed by atoms with Gasteiger partial charge in [0.05, 0.1) is 6.61 Å². The van der Waals surface area contributed by atoms with Crippen molar-refractivity contribution in [1.29, 1.82) is 0 Å². The van der Waals surface area contributed by atoms with Crippen molar-refractivity contribution in [3.05, 3.63) is 17.0 Å². The minimum Gasteiger partial charge on any atom is -0.383 e. The Labute approximate surface area is 114 Å². The molecule has 0 aliphatic rings. The molecule has 0 N–H and O–H groups in total. The van der Waals surface area contributed by atoms with Crippen LogP contribution in [-0.2, 0) is 11.2 Å². The van der Waals surface area contributed by atoms with Crippen molar-refractivity contribution in [2.75, 3.05) is 25.2 Å². The van der Waals surface area contributed by atoms with Crippen molar-refractivity contribution >= 4 is 17.4 Å². The Hall–Kier alpha value is -0.870. The molecule has 0 amide bonds. The van der Waals surface area contributed by atoms with Gasteiger partial charge < -0.3 is 9.64 Å². The number of halogens is 1. The van der Waals surface area contributed by atoms with Gasteiger partial charge in [-0.15, -0.1) is 0 Å². The van der Waals surface area contributed by atoms with E-state index >= 15 is 0 Å². The summed E-state index contributed by atoms with van der Waals surface area (Å²) in [5.41, 5.74) is 1.01. The van der Waals surface area contributed by atoms with Crippen LogP contribution in [0, 0.1) is 0 Å². The maximum absolute atomic E-state index is 6.15. The monoisotopic (exact) mass is 271 g/mol. The van der Waals surface area contributed by atoms with Crippen molar-refractivity contribution in [1.82, 2.24) is 9.97 Å². The van der Waals surface area contributed by atoms with Gasteiger partial charge in [0, 0.05) is 25.3 Å². The molecule has 18 heavy (non-hydrogen) atoms. The first-order chi connectivity index (χ1) is 8.65. The van der Waals surface area contributed by atoms with Gasteiger partial charge in [-0.1, -0.05) is 25.4 Å². The predicted molar refractivity (Wildman–Crippen MR) is 75.4 cm³/mol. The molecule has 0 aliphatic carbocycles. The van der Waals surface area contributed by atoms with Gasteiger partial charge in [-0.05, 0) is 19.8 Å². The van der Waals surface area contributed by atoms with Crippen LogP contribution >= 0.6 is 11.6 Å². The lowest BCUT2D eigenvalue weighted by Gasteiger charge is -2.31. The maximum atomic E-state index is 6.15. The third kappa shape index (κ3) is 3.56. The van der Waals surface area contributed by atoms with E-state index < -0.39 is 0 Å². The molecule has 102 valence electrons. The number of hydrogen-bond acceptors (Lipinski definition) is 4. The van der Waals surface area contributed by atoms with E-state index in [4.69, 9.17) is 16.3 Å². The molecule has 0 saturated heterocycles. The molecule has 0 aliphatic heterocycles. The maximum Gasteiger partial charge on any atom is 0.137 e. The predicted octanol–water partition coefficient (Wildman–Crippen LogP) is 2.94. The second-order valence-electron chi connectivity index (χ2n) is 4.26. The number of aromatic nitrogens is 2. The summed E-state index contributed by atoms with van der Waals surface area (Å²) in [4.78, 5) is 10.7. The van der Waals surface area contributed by atoms with E-state index in [1.165, 1.54) is 6.33 Å². The SMILES string of the molecule is CCc1c(Cl)ncnc1N(CCOC)C(C)CC. The van der Waals surface area contributed by atoms with Crippen molar-refractivity contribution < 1.29 is 4.74 Å². The molecule has 0 aromatic carbocycles. The van der Waals surface area contributed by atoms with Crippen LogP contribution in [0.3, 0.4) is 0 Å². The molecule has 0 radical (unpaired) electrons. The highest BCUT2D eigenvalue weighted by Crippen LogP contribution is 2.25. The minimum absolute atomic E-state index is 0.399. The molecule has 0 bridgehead atoms. The Morgan fingerprint density at radius 1 is 1.39 bits per heavy atom. The third-order valence-electron chi connectivity index (χ3n) is 3.15. The second-order valence-corrected chi connectivity index (χ2v) is 4.62. The van der Waals surface area contributed by atoms with Gasteiger partial charge in [0.1, 0.15) is 17.3 Å². The van der Waals surface area contributed by atoms with E-state index in [1.54, 1.807) is 7.11 Å². The van der Waals surface area contributed by atoms with Crippen molar-refractivity contribution in [2.24, 2.45) is 0 Å². The van der Waals surface area contributed by atoms with E-state index in [9.17, 15) is 0 Å². The largest absolute Gasteiger partial charge is 0.383 e. The van der Waals surface area contributed by atoms with Gasteiger partial charge in [-0.25, -0.2) is 9.97 Å². The molecule has 0 spiro atoms. The molecule has 0 fully saturated rings. The highest BCUT2D eigenvalue weighted by atomic mass is 35.5. The normalized spacial score (nSPS) is 12.5. The van der Waals surface area contributed by atoms with Gasteiger partial charge in [0.15, 0.2) is 0 Å². The summed E-state index contributed by atoms with van der Waals surface area (Å²) in [6.45, 7) is 7.91. The van der Waals surface area contributed by atoms with Gasteiger partial charge in [-0.3, -0.25) is 0 Å². The number of ether oxygens (including phenoxy) is 1. The Bertz CT molecular complexity index is 373. The Morgan fingerprint density at radius 3 is 2.67 bits per heavy atom. The zero-order chi connectivity index (χ0) is 13.5. The van der Waals surface area contributed by atoms with Crippen LogP contribution in [0.5, 0.6) is 0 Å². The molecular weight excluding hydrogens is 250 g/mol. The van der Waals surface area contributed by atoms with E-state index in [1.807, 2.05) is 0 Å². The molecule has 5 heteroatoms. The Morgan fingerprint density at radius 2 is 2.11 bits per heavy atom. The van der Waals surface area contributed by atoms with Gasteiger partial charge in [0.2, 0.25) is 0 Å². The molecule has 1 atom stereocenters. The lowest BCUT2D eigenvalue weighted by Crippen LogP contribution is -2.37. The summed E-state index contributed by atoms with van der Waals surface area (Å²) >= 11 is 6.15. The van der Waals surface area contributed by atoms with Crippen LogP contribution in [0.1, 0.15) is 32.8 Å². The molecule has 1 aromatic rings. The average Bonchev–Trinajstić information content (AvgIpc) is 2.39. The highest BCUT2D eigenvalue weighted by Gasteiger charge is 2.19.